The Kier molecular flexibility index (Phi) is 5.21. The number of furan rings is 1. The molecule has 2 N–H and O–H groups in total. The van der Waals surface area contributed by atoms with E-state index in [9.17, 15) is 14.4 Å². The van der Waals surface area contributed by atoms with Gasteiger partial charge in [0, 0.05) is 36.1 Å². The molecule has 0 spiro atoms. The summed E-state index contributed by atoms with van der Waals surface area (Å²) in [6.07, 6.45) is -0.127. The Morgan fingerprint density at radius 3 is 2.73 bits per heavy atom. The fourth-order valence-corrected chi connectivity index (χ4v) is 4.93. The first-order chi connectivity index (χ1) is 17.9. The topological polar surface area (TPSA) is 140 Å². The molecule has 0 aliphatic carbocycles. The summed E-state index contributed by atoms with van der Waals surface area (Å²) in [5.74, 6) is 0.0542. The standard InChI is InChI=1S/C26H23N5O6/c1-3-27-25-30-29-22(37-25)15-5-4-14-9-20(36-19(14)8-15)26(11-21(32)28-24(26)34)13-31-12-16-6-7-17(35-2)10-18(16)23(31)33/h4-10H,3,11-13H2,1-2H3,(H,27,30)(H,28,32,34)/t26-/m1/s1. The largest absolute Gasteiger partial charge is 0.497 e. The maximum atomic E-state index is 13.2. The molecule has 11 nitrogen and oxygen atoms in total. The van der Waals surface area contributed by atoms with Gasteiger partial charge in [-0.25, -0.2) is 0 Å². The number of rotatable bonds is 7. The molecule has 4 aromatic rings. The van der Waals surface area contributed by atoms with Crippen molar-refractivity contribution in [3.63, 3.8) is 0 Å². The molecule has 4 heterocycles. The summed E-state index contributed by atoms with van der Waals surface area (Å²) in [4.78, 5) is 40.4. The van der Waals surface area contributed by atoms with Crippen LogP contribution in [0, 0.1) is 0 Å². The lowest BCUT2D eigenvalue weighted by Gasteiger charge is -2.28. The summed E-state index contributed by atoms with van der Waals surface area (Å²) in [6.45, 7) is 2.87. The van der Waals surface area contributed by atoms with E-state index >= 15 is 0 Å². The fraction of sp³-hybridized carbons (Fsp3) is 0.269. The molecule has 1 saturated heterocycles. The summed E-state index contributed by atoms with van der Waals surface area (Å²) in [6, 6.07) is 12.7. The Hall–Kier alpha value is -4.67. The molecule has 2 aromatic heterocycles. The average molecular weight is 501 g/mol. The minimum Gasteiger partial charge on any atom is -0.497 e. The minimum atomic E-state index is -1.36. The number of hydrogen-bond acceptors (Lipinski definition) is 9. The monoisotopic (exact) mass is 501 g/mol. The van der Waals surface area contributed by atoms with E-state index in [-0.39, 0.29) is 18.9 Å². The van der Waals surface area contributed by atoms with Crippen molar-refractivity contribution in [3.8, 4) is 17.2 Å². The highest BCUT2D eigenvalue weighted by Crippen LogP contribution is 2.40. The van der Waals surface area contributed by atoms with Gasteiger partial charge in [0.1, 0.15) is 22.5 Å². The van der Waals surface area contributed by atoms with E-state index in [1.54, 1.807) is 29.2 Å². The van der Waals surface area contributed by atoms with Gasteiger partial charge in [-0.05, 0) is 42.8 Å². The van der Waals surface area contributed by atoms with Crippen molar-refractivity contribution in [1.29, 1.82) is 0 Å². The number of carbonyl (C=O) groups is 3. The van der Waals surface area contributed by atoms with Crippen LogP contribution < -0.4 is 15.4 Å². The molecule has 1 atom stereocenters. The summed E-state index contributed by atoms with van der Waals surface area (Å²) in [5, 5.41) is 14.1. The maximum Gasteiger partial charge on any atom is 0.315 e. The first-order valence-corrected chi connectivity index (χ1v) is 11.8. The van der Waals surface area contributed by atoms with Crippen LogP contribution in [0.4, 0.5) is 6.01 Å². The molecule has 37 heavy (non-hydrogen) atoms. The predicted molar refractivity (Wildman–Crippen MR) is 131 cm³/mol. The highest BCUT2D eigenvalue weighted by Gasteiger charge is 2.53. The second-order valence-electron chi connectivity index (χ2n) is 9.13. The molecular formula is C26H23N5O6. The first kappa shape index (κ1) is 22.8. The van der Waals surface area contributed by atoms with Crippen molar-refractivity contribution in [3.05, 3.63) is 59.4 Å². The average Bonchev–Trinajstić information content (AvgIpc) is 3.65. The normalized spacial score (nSPS) is 19.0. The van der Waals surface area contributed by atoms with E-state index in [1.165, 1.54) is 7.11 Å². The number of fused-ring (bicyclic) bond motifs is 2. The minimum absolute atomic E-state index is 0.0111. The first-order valence-electron chi connectivity index (χ1n) is 11.8. The maximum absolute atomic E-state index is 13.2. The van der Waals surface area contributed by atoms with E-state index < -0.39 is 17.2 Å². The molecule has 0 unspecified atom stereocenters. The quantitative estimate of drug-likeness (QED) is 0.366. The Morgan fingerprint density at radius 1 is 1.11 bits per heavy atom. The molecule has 2 aliphatic rings. The van der Waals surface area contributed by atoms with Crippen molar-refractivity contribution < 1.29 is 28.0 Å². The van der Waals surface area contributed by atoms with E-state index in [0.717, 1.165) is 10.9 Å². The van der Waals surface area contributed by atoms with Crippen molar-refractivity contribution in [2.75, 3.05) is 25.5 Å². The second kappa shape index (κ2) is 8.47. The number of benzene rings is 2. The molecular weight excluding hydrogens is 478 g/mol. The van der Waals surface area contributed by atoms with Crippen LogP contribution in [-0.2, 0) is 21.5 Å². The predicted octanol–water partition coefficient (Wildman–Crippen LogP) is 2.86. The van der Waals surface area contributed by atoms with Crippen LogP contribution in [-0.4, -0.2) is 53.0 Å². The van der Waals surface area contributed by atoms with E-state index in [0.29, 0.717) is 53.2 Å². The number of carbonyl (C=O) groups excluding carboxylic acids is 3. The number of imide groups is 1. The van der Waals surface area contributed by atoms with E-state index in [4.69, 9.17) is 13.6 Å². The van der Waals surface area contributed by atoms with Crippen molar-refractivity contribution >= 4 is 34.7 Å². The third-order valence-electron chi connectivity index (χ3n) is 6.80. The van der Waals surface area contributed by atoms with Gasteiger partial charge >= 0.3 is 6.01 Å². The number of aromatic nitrogens is 2. The number of ether oxygens (including phenoxy) is 1. The second-order valence-corrected chi connectivity index (χ2v) is 9.13. The summed E-state index contributed by atoms with van der Waals surface area (Å²) < 4.78 is 17.1. The number of nitrogens with zero attached hydrogens (tertiary/aromatic N) is 3. The lowest BCUT2D eigenvalue weighted by atomic mass is 9.82. The Balaban J connectivity index is 1.35. The smallest absolute Gasteiger partial charge is 0.315 e. The van der Waals surface area contributed by atoms with Crippen LogP contribution in [0.3, 0.4) is 0 Å². The molecule has 0 saturated carbocycles. The molecule has 6 rings (SSSR count). The summed E-state index contributed by atoms with van der Waals surface area (Å²) in [5.41, 5.74) is 1.12. The number of hydrogen-bond donors (Lipinski definition) is 2. The van der Waals surface area contributed by atoms with Gasteiger partial charge in [-0.1, -0.05) is 17.2 Å². The Morgan fingerprint density at radius 2 is 1.97 bits per heavy atom. The van der Waals surface area contributed by atoms with E-state index in [1.807, 2.05) is 25.1 Å². The van der Waals surface area contributed by atoms with Gasteiger partial charge in [0.15, 0.2) is 0 Å². The molecule has 188 valence electrons. The highest BCUT2D eigenvalue weighted by atomic mass is 16.5. The summed E-state index contributed by atoms with van der Waals surface area (Å²) in [7, 11) is 1.54. The number of amides is 3. The molecule has 0 bridgehead atoms. The van der Waals surface area contributed by atoms with Crippen molar-refractivity contribution in [1.82, 2.24) is 20.4 Å². The molecule has 1 fully saturated rings. The number of nitrogens with one attached hydrogen (secondary N) is 2. The lowest BCUT2D eigenvalue weighted by molar-refractivity contribution is -0.127. The van der Waals surface area contributed by atoms with Gasteiger partial charge in [-0.15, -0.1) is 5.10 Å². The molecule has 2 aromatic carbocycles. The van der Waals surface area contributed by atoms with Crippen LogP contribution in [0.5, 0.6) is 5.75 Å². The SMILES string of the molecule is CCNc1nnc(-c2ccc3cc([C@]4(CN5Cc6ccc(OC)cc6C5=O)CC(=O)NC4=O)oc3c2)o1. The highest BCUT2D eigenvalue weighted by molar-refractivity contribution is 6.10. The zero-order chi connectivity index (χ0) is 25.7. The number of methoxy groups -OCH3 is 1. The van der Waals surface area contributed by atoms with Crippen LogP contribution in [0.25, 0.3) is 22.4 Å². The molecule has 3 amide bonds. The van der Waals surface area contributed by atoms with Gasteiger partial charge in [-0.2, -0.15) is 0 Å². The third-order valence-corrected chi connectivity index (χ3v) is 6.80. The number of anilines is 1. The van der Waals surface area contributed by atoms with Crippen molar-refractivity contribution in [2.24, 2.45) is 0 Å². The van der Waals surface area contributed by atoms with Crippen LogP contribution >= 0.6 is 0 Å². The third kappa shape index (κ3) is 3.70. The van der Waals surface area contributed by atoms with E-state index in [2.05, 4.69) is 20.8 Å². The zero-order valence-corrected chi connectivity index (χ0v) is 20.2. The Labute approximate surface area is 210 Å². The van der Waals surface area contributed by atoms with Gasteiger partial charge in [0.05, 0.1) is 13.5 Å². The Bertz CT molecular complexity index is 1570. The molecule has 0 radical (unpaired) electrons. The fourth-order valence-electron chi connectivity index (χ4n) is 4.93. The molecule has 2 aliphatic heterocycles. The molecule has 11 heteroatoms. The van der Waals surface area contributed by atoms with Gasteiger partial charge in [-0.3, -0.25) is 19.7 Å². The van der Waals surface area contributed by atoms with Gasteiger partial charge in [0.25, 0.3) is 5.91 Å². The van der Waals surface area contributed by atoms with Crippen LogP contribution in [0.1, 0.15) is 35.0 Å². The lowest BCUT2D eigenvalue weighted by Crippen LogP contribution is -2.46. The van der Waals surface area contributed by atoms with Crippen molar-refractivity contribution in [2.45, 2.75) is 25.3 Å². The van der Waals surface area contributed by atoms with Gasteiger partial charge < -0.3 is 23.8 Å². The zero-order valence-electron chi connectivity index (χ0n) is 20.2. The van der Waals surface area contributed by atoms with Crippen LogP contribution in [0.2, 0.25) is 0 Å². The van der Waals surface area contributed by atoms with Crippen LogP contribution in [0.15, 0.2) is 51.3 Å². The summed E-state index contributed by atoms with van der Waals surface area (Å²) >= 11 is 0. The van der Waals surface area contributed by atoms with Gasteiger partial charge in [0.2, 0.25) is 17.7 Å².